The van der Waals surface area contributed by atoms with Crippen LogP contribution in [0.3, 0.4) is 0 Å². The maximum atomic E-state index is 10.5. The van der Waals surface area contributed by atoms with E-state index in [1.165, 1.54) is 25.8 Å². The molecule has 0 aliphatic heterocycles. The average molecular weight is 176 g/mol. The topological polar surface area (TPSA) is 17.1 Å². The lowest BCUT2D eigenvalue weighted by Crippen LogP contribution is -1.79. The fourth-order valence-electron chi connectivity index (χ4n) is 1.47. The third-order valence-corrected chi connectivity index (χ3v) is 2.46. The Hall–Kier alpha value is -1.03. The van der Waals surface area contributed by atoms with Crippen molar-refractivity contribution in [2.45, 2.75) is 33.1 Å². The van der Waals surface area contributed by atoms with E-state index in [4.69, 9.17) is 0 Å². The molecule has 0 aromatic heterocycles. The van der Waals surface area contributed by atoms with Crippen LogP contribution >= 0.6 is 0 Å². The number of ketones is 1. The minimum Gasteiger partial charge on any atom is -0.295 e. The second-order valence-corrected chi connectivity index (χ2v) is 3.63. The summed E-state index contributed by atoms with van der Waals surface area (Å²) in [6.07, 6.45) is 6.79. The van der Waals surface area contributed by atoms with Gasteiger partial charge in [0.2, 0.25) is 0 Å². The first kappa shape index (κ1) is 10.1. The SMILES string of the molecule is CC[C@@H]1C[C@@H]1CC#C/C=C/C(C)=O. The molecule has 70 valence electrons. The minimum atomic E-state index is 0.0622. The van der Waals surface area contributed by atoms with Crippen LogP contribution in [0.15, 0.2) is 12.2 Å². The first-order valence-electron chi connectivity index (χ1n) is 4.89. The van der Waals surface area contributed by atoms with E-state index >= 15 is 0 Å². The van der Waals surface area contributed by atoms with Gasteiger partial charge in [0.05, 0.1) is 0 Å². The molecule has 0 unspecified atom stereocenters. The van der Waals surface area contributed by atoms with Gasteiger partial charge in [-0.3, -0.25) is 4.79 Å². The van der Waals surface area contributed by atoms with Crippen LogP contribution in [0.25, 0.3) is 0 Å². The second-order valence-electron chi connectivity index (χ2n) is 3.63. The summed E-state index contributed by atoms with van der Waals surface area (Å²) in [5.41, 5.74) is 0. The van der Waals surface area contributed by atoms with Crippen LogP contribution in [0.1, 0.15) is 33.1 Å². The lowest BCUT2D eigenvalue weighted by Gasteiger charge is -1.86. The van der Waals surface area contributed by atoms with E-state index in [9.17, 15) is 4.79 Å². The minimum absolute atomic E-state index is 0.0622. The number of carbonyl (C=O) groups excluding carboxylic acids is 1. The standard InChI is InChI=1S/C12H16O/c1-3-11-9-12(11)8-6-4-5-7-10(2)13/h5,7,11-12H,3,8-9H2,1-2H3/b7-5+/t11-,12+/m1/s1. The zero-order valence-corrected chi connectivity index (χ0v) is 8.34. The van der Waals surface area contributed by atoms with E-state index in [-0.39, 0.29) is 5.78 Å². The number of allylic oxidation sites excluding steroid dienone is 2. The van der Waals surface area contributed by atoms with Crippen molar-refractivity contribution < 1.29 is 4.79 Å². The molecule has 0 radical (unpaired) electrons. The van der Waals surface area contributed by atoms with Crippen molar-refractivity contribution in [1.29, 1.82) is 0 Å². The zero-order chi connectivity index (χ0) is 9.68. The molecular weight excluding hydrogens is 160 g/mol. The summed E-state index contributed by atoms with van der Waals surface area (Å²) < 4.78 is 0. The lowest BCUT2D eigenvalue weighted by atomic mass is 10.2. The molecule has 0 N–H and O–H groups in total. The van der Waals surface area contributed by atoms with Crippen molar-refractivity contribution in [3.8, 4) is 11.8 Å². The zero-order valence-electron chi connectivity index (χ0n) is 8.34. The fourth-order valence-corrected chi connectivity index (χ4v) is 1.47. The summed E-state index contributed by atoms with van der Waals surface area (Å²) in [7, 11) is 0. The Labute approximate surface area is 80.2 Å². The Kier molecular flexibility index (Phi) is 3.76. The molecule has 1 aliphatic carbocycles. The number of rotatable bonds is 3. The van der Waals surface area contributed by atoms with E-state index in [0.29, 0.717) is 0 Å². The van der Waals surface area contributed by atoms with Gasteiger partial charge in [0, 0.05) is 6.42 Å². The van der Waals surface area contributed by atoms with Gasteiger partial charge in [-0.15, -0.1) is 0 Å². The highest BCUT2D eigenvalue weighted by atomic mass is 16.1. The third kappa shape index (κ3) is 3.94. The van der Waals surface area contributed by atoms with Crippen LogP contribution in [0.5, 0.6) is 0 Å². The highest BCUT2D eigenvalue weighted by molar-refractivity contribution is 5.87. The van der Waals surface area contributed by atoms with Gasteiger partial charge in [0.15, 0.2) is 5.78 Å². The summed E-state index contributed by atoms with van der Waals surface area (Å²) in [6, 6.07) is 0. The quantitative estimate of drug-likeness (QED) is 0.477. The second kappa shape index (κ2) is 4.87. The average Bonchev–Trinajstić information content (AvgIpc) is 2.82. The predicted molar refractivity (Wildman–Crippen MR) is 54.1 cm³/mol. The largest absolute Gasteiger partial charge is 0.295 e. The maximum Gasteiger partial charge on any atom is 0.153 e. The van der Waals surface area contributed by atoms with Gasteiger partial charge < -0.3 is 0 Å². The molecule has 1 nitrogen and oxygen atoms in total. The van der Waals surface area contributed by atoms with Gasteiger partial charge in [-0.25, -0.2) is 0 Å². The molecule has 0 aromatic rings. The van der Waals surface area contributed by atoms with Gasteiger partial charge in [-0.1, -0.05) is 25.2 Å². The molecule has 13 heavy (non-hydrogen) atoms. The normalized spacial score (nSPS) is 25.4. The van der Waals surface area contributed by atoms with E-state index in [2.05, 4.69) is 18.8 Å². The lowest BCUT2D eigenvalue weighted by molar-refractivity contribution is -0.112. The van der Waals surface area contributed by atoms with E-state index in [1.807, 2.05) is 0 Å². The first-order valence-corrected chi connectivity index (χ1v) is 4.89. The van der Waals surface area contributed by atoms with Crippen molar-refractivity contribution in [2.75, 3.05) is 0 Å². The molecule has 1 heteroatoms. The number of carbonyl (C=O) groups is 1. The summed E-state index contributed by atoms with van der Waals surface area (Å²) in [5.74, 6) is 7.78. The first-order chi connectivity index (χ1) is 6.24. The van der Waals surface area contributed by atoms with Gasteiger partial charge >= 0.3 is 0 Å². The van der Waals surface area contributed by atoms with Crippen LogP contribution in [-0.4, -0.2) is 5.78 Å². The molecular formula is C12H16O. The van der Waals surface area contributed by atoms with Crippen molar-refractivity contribution in [1.82, 2.24) is 0 Å². The predicted octanol–water partition coefficient (Wildman–Crippen LogP) is 2.57. The fraction of sp³-hybridized carbons (Fsp3) is 0.583. The molecule has 1 fully saturated rings. The van der Waals surface area contributed by atoms with Crippen molar-refractivity contribution in [3.63, 3.8) is 0 Å². The molecule has 0 saturated heterocycles. The van der Waals surface area contributed by atoms with E-state index in [1.54, 1.807) is 6.08 Å². The van der Waals surface area contributed by atoms with E-state index in [0.717, 1.165) is 18.3 Å². The molecule has 0 spiro atoms. The van der Waals surface area contributed by atoms with Crippen LogP contribution in [-0.2, 0) is 4.79 Å². The van der Waals surface area contributed by atoms with Crippen molar-refractivity contribution in [3.05, 3.63) is 12.2 Å². The Bertz CT molecular complexity index is 265. The molecule has 1 aliphatic rings. The Balaban J connectivity index is 2.15. The molecule has 1 saturated carbocycles. The highest BCUT2D eigenvalue weighted by Gasteiger charge is 2.33. The third-order valence-electron chi connectivity index (χ3n) is 2.46. The van der Waals surface area contributed by atoms with Crippen molar-refractivity contribution >= 4 is 5.78 Å². The Morgan fingerprint density at radius 3 is 2.85 bits per heavy atom. The van der Waals surface area contributed by atoms with Crippen LogP contribution in [0.4, 0.5) is 0 Å². The molecule has 2 atom stereocenters. The Morgan fingerprint density at radius 1 is 1.54 bits per heavy atom. The van der Waals surface area contributed by atoms with E-state index < -0.39 is 0 Å². The monoisotopic (exact) mass is 176 g/mol. The van der Waals surface area contributed by atoms with Crippen LogP contribution in [0.2, 0.25) is 0 Å². The summed E-state index contributed by atoms with van der Waals surface area (Å²) in [6.45, 7) is 3.76. The highest BCUT2D eigenvalue weighted by Crippen LogP contribution is 2.43. The van der Waals surface area contributed by atoms with Gasteiger partial charge in [0.25, 0.3) is 0 Å². The molecule has 1 rings (SSSR count). The molecule has 0 bridgehead atoms. The molecule has 0 heterocycles. The summed E-state index contributed by atoms with van der Waals surface area (Å²) >= 11 is 0. The summed E-state index contributed by atoms with van der Waals surface area (Å²) in [5, 5.41) is 0. The smallest absolute Gasteiger partial charge is 0.153 e. The number of hydrogen-bond acceptors (Lipinski definition) is 1. The van der Waals surface area contributed by atoms with Gasteiger partial charge in [-0.2, -0.15) is 0 Å². The summed E-state index contributed by atoms with van der Waals surface area (Å²) in [4.78, 5) is 10.5. The van der Waals surface area contributed by atoms with Crippen LogP contribution in [0, 0.1) is 23.7 Å². The molecule has 0 aromatic carbocycles. The van der Waals surface area contributed by atoms with Gasteiger partial charge in [0.1, 0.15) is 0 Å². The van der Waals surface area contributed by atoms with Crippen LogP contribution < -0.4 is 0 Å². The molecule has 0 amide bonds. The van der Waals surface area contributed by atoms with Gasteiger partial charge in [-0.05, 0) is 37.3 Å². The Morgan fingerprint density at radius 2 is 2.31 bits per heavy atom. The van der Waals surface area contributed by atoms with Crippen molar-refractivity contribution in [2.24, 2.45) is 11.8 Å². The number of hydrogen-bond donors (Lipinski definition) is 0. The maximum absolute atomic E-state index is 10.5.